The number of hydrogen-bond donors (Lipinski definition) is 1. The van der Waals surface area contributed by atoms with Gasteiger partial charge in [-0.3, -0.25) is 0 Å². The molecule has 1 saturated carbocycles. The number of fused-ring (bicyclic) bond motifs is 2. The Labute approximate surface area is 184 Å². The highest BCUT2D eigenvalue weighted by molar-refractivity contribution is 6.30. The Morgan fingerprint density at radius 3 is 2.67 bits per heavy atom. The second-order valence-corrected chi connectivity index (χ2v) is 8.63. The van der Waals surface area contributed by atoms with E-state index < -0.39 is 0 Å². The van der Waals surface area contributed by atoms with Crippen molar-refractivity contribution in [2.24, 2.45) is 18.9 Å². The van der Waals surface area contributed by atoms with E-state index >= 15 is 0 Å². The molecule has 2 aliphatic rings. The summed E-state index contributed by atoms with van der Waals surface area (Å²) in [6, 6.07) is 9.85. The molecule has 2 aromatic heterocycles. The molecule has 0 amide bonds. The van der Waals surface area contributed by atoms with Crippen molar-refractivity contribution in [3.05, 3.63) is 46.7 Å². The van der Waals surface area contributed by atoms with Crippen LogP contribution in [0.2, 0.25) is 10.2 Å². The van der Waals surface area contributed by atoms with Gasteiger partial charge in [-0.25, -0.2) is 4.68 Å². The third-order valence-corrected chi connectivity index (χ3v) is 6.25. The van der Waals surface area contributed by atoms with Crippen molar-refractivity contribution >= 4 is 34.8 Å². The van der Waals surface area contributed by atoms with E-state index in [0.717, 1.165) is 18.8 Å². The first-order valence-electron chi connectivity index (χ1n) is 9.89. The third kappa shape index (κ3) is 3.89. The van der Waals surface area contributed by atoms with E-state index in [1.54, 1.807) is 23.0 Å². The van der Waals surface area contributed by atoms with Gasteiger partial charge in [0.15, 0.2) is 5.15 Å². The zero-order chi connectivity index (χ0) is 20.7. The van der Waals surface area contributed by atoms with Gasteiger partial charge in [0.2, 0.25) is 5.95 Å². The summed E-state index contributed by atoms with van der Waals surface area (Å²) in [5.41, 5.74) is 1.03. The number of aromatic nitrogens is 5. The molecule has 3 atom stereocenters. The van der Waals surface area contributed by atoms with E-state index in [-0.39, 0.29) is 0 Å². The number of piperidine rings is 1. The number of rotatable bonds is 5. The van der Waals surface area contributed by atoms with Crippen molar-refractivity contribution in [1.82, 2.24) is 25.0 Å². The molecule has 30 heavy (non-hydrogen) atoms. The van der Waals surface area contributed by atoms with Crippen LogP contribution in [0.25, 0.3) is 0 Å². The minimum absolute atomic E-state index is 0.327. The fourth-order valence-corrected chi connectivity index (χ4v) is 4.81. The van der Waals surface area contributed by atoms with Crippen LogP contribution in [0.15, 0.2) is 36.5 Å². The molecule has 0 spiro atoms. The van der Waals surface area contributed by atoms with Gasteiger partial charge in [-0.1, -0.05) is 29.3 Å². The Balaban J connectivity index is 1.28. The molecule has 0 unspecified atom stereocenters. The van der Waals surface area contributed by atoms with Gasteiger partial charge in [0.1, 0.15) is 5.75 Å². The van der Waals surface area contributed by atoms with E-state index in [2.05, 4.69) is 30.5 Å². The Bertz CT molecular complexity index is 1050. The number of benzene rings is 1. The van der Waals surface area contributed by atoms with Gasteiger partial charge in [0.25, 0.3) is 0 Å². The molecule has 3 aromatic rings. The molecule has 1 aromatic carbocycles. The molecule has 0 radical (unpaired) electrons. The number of hydrogen-bond acceptors (Lipinski definition) is 7. The predicted molar refractivity (Wildman–Crippen MR) is 115 cm³/mol. The van der Waals surface area contributed by atoms with Crippen molar-refractivity contribution in [1.29, 1.82) is 0 Å². The van der Waals surface area contributed by atoms with Crippen LogP contribution in [0.4, 0.5) is 11.6 Å². The molecule has 5 rings (SSSR count). The topological polar surface area (TPSA) is 81.0 Å². The van der Waals surface area contributed by atoms with Crippen LogP contribution < -0.4 is 15.0 Å². The van der Waals surface area contributed by atoms with Crippen molar-refractivity contribution < 1.29 is 4.74 Å². The van der Waals surface area contributed by atoms with Gasteiger partial charge in [0.05, 0.1) is 11.9 Å². The summed E-state index contributed by atoms with van der Waals surface area (Å²) in [5.74, 6) is 2.20. The lowest BCUT2D eigenvalue weighted by atomic mass is 9.92. The normalized spacial score (nSPS) is 22.9. The predicted octanol–water partition coefficient (Wildman–Crippen LogP) is 4.03. The molecule has 2 fully saturated rings. The average molecular weight is 446 g/mol. The second-order valence-electron chi connectivity index (χ2n) is 7.81. The van der Waals surface area contributed by atoms with E-state index in [1.165, 1.54) is 12.8 Å². The maximum absolute atomic E-state index is 6.03. The highest BCUT2D eigenvalue weighted by Gasteiger charge is 2.42. The van der Waals surface area contributed by atoms with Crippen molar-refractivity contribution in [3.63, 3.8) is 0 Å². The van der Waals surface area contributed by atoms with Gasteiger partial charge in [0, 0.05) is 37.3 Å². The number of nitrogens with zero attached hydrogens (tertiary/aromatic N) is 6. The summed E-state index contributed by atoms with van der Waals surface area (Å²) < 4.78 is 7.48. The van der Waals surface area contributed by atoms with Gasteiger partial charge in [-0.05, 0) is 42.9 Å². The van der Waals surface area contributed by atoms with Gasteiger partial charge in [-0.15, -0.1) is 10.2 Å². The minimum atomic E-state index is 0.327. The summed E-state index contributed by atoms with van der Waals surface area (Å²) >= 11 is 12.1. The summed E-state index contributed by atoms with van der Waals surface area (Å²) in [4.78, 5) is 6.89. The molecule has 1 aliphatic carbocycles. The first-order valence-corrected chi connectivity index (χ1v) is 10.6. The lowest BCUT2D eigenvalue weighted by Gasteiger charge is -2.39. The average Bonchev–Trinajstić information content (AvgIpc) is 3.16. The summed E-state index contributed by atoms with van der Waals surface area (Å²) in [6.07, 6.45) is 4.12. The van der Waals surface area contributed by atoms with Crippen LogP contribution in [-0.2, 0) is 7.05 Å². The lowest BCUT2D eigenvalue weighted by molar-refractivity contribution is 0.376. The summed E-state index contributed by atoms with van der Waals surface area (Å²) in [5, 5.41) is 16.9. The standard InChI is InChI=1S/C20H21Cl2N7O/c1-28-20(30-16-4-2-3-14(21)7-16)25-19(27-28)24-18-12-5-6-13(18)11-29(10-12)15-8-17(22)26-23-9-15/h2-4,7-9,12-13,18H,5-6,10-11H2,1H3,(H,24,27)/t12-,13+,18-. The Kier molecular flexibility index (Phi) is 5.12. The van der Waals surface area contributed by atoms with E-state index in [9.17, 15) is 0 Å². The van der Waals surface area contributed by atoms with Crippen LogP contribution in [0.3, 0.4) is 0 Å². The quantitative estimate of drug-likeness (QED) is 0.634. The molecule has 3 heterocycles. The first-order chi connectivity index (χ1) is 14.5. The highest BCUT2D eigenvalue weighted by atomic mass is 35.5. The summed E-state index contributed by atoms with van der Waals surface area (Å²) in [7, 11) is 1.81. The van der Waals surface area contributed by atoms with Crippen molar-refractivity contribution in [2.75, 3.05) is 23.3 Å². The monoisotopic (exact) mass is 445 g/mol. The van der Waals surface area contributed by atoms with Crippen LogP contribution in [0, 0.1) is 11.8 Å². The van der Waals surface area contributed by atoms with Crippen molar-refractivity contribution in [2.45, 2.75) is 18.9 Å². The van der Waals surface area contributed by atoms with E-state index in [1.807, 2.05) is 25.2 Å². The maximum Gasteiger partial charge on any atom is 0.321 e. The minimum Gasteiger partial charge on any atom is -0.424 e. The smallest absolute Gasteiger partial charge is 0.321 e. The van der Waals surface area contributed by atoms with E-state index in [4.69, 9.17) is 27.9 Å². The number of anilines is 2. The molecule has 2 bridgehead atoms. The Hall–Kier alpha value is -2.58. The Morgan fingerprint density at radius 1 is 1.13 bits per heavy atom. The molecule has 10 heteroatoms. The number of ether oxygens (including phenoxy) is 1. The molecular weight excluding hydrogens is 425 g/mol. The molecule has 8 nitrogen and oxygen atoms in total. The molecule has 1 saturated heterocycles. The number of nitrogens with one attached hydrogen (secondary N) is 1. The van der Waals surface area contributed by atoms with Crippen LogP contribution in [0.1, 0.15) is 12.8 Å². The lowest BCUT2D eigenvalue weighted by Crippen LogP contribution is -2.48. The van der Waals surface area contributed by atoms with Gasteiger partial charge in [-0.2, -0.15) is 10.1 Å². The number of halogens is 2. The van der Waals surface area contributed by atoms with Crippen LogP contribution in [0.5, 0.6) is 11.8 Å². The van der Waals surface area contributed by atoms with Gasteiger partial charge >= 0.3 is 6.01 Å². The first kappa shape index (κ1) is 19.4. The molecule has 156 valence electrons. The molecule has 1 N–H and O–H groups in total. The van der Waals surface area contributed by atoms with Gasteiger partial charge < -0.3 is 15.0 Å². The molecule has 1 aliphatic heterocycles. The van der Waals surface area contributed by atoms with E-state index in [0.29, 0.717) is 45.8 Å². The highest BCUT2D eigenvalue weighted by Crippen LogP contribution is 2.40. The largest absolute Gasteiger partial charge is 0.424 e. The van der Waals surface area contributed by atoms with Crippen LogP contribution in [-0.4, -0.2) is 44.1 Å². The SMILES string of the molecule is Cn1nc(N[C@@H]2[C@@H]3CC[C@H]2CN(c2cnnc(Cl)c2)C3)nc1Oc1cccc(Cl)c1. The zero-order valence-corrected chi connectivity index (χ0v) is 17.9. The fraction of sp³-hybridized carbons (Fsp3) is 0.400. The number of aryl methyl sites for hydroxylation is 1. The zero-order valence-electron chi connectivity index (χ0n) is 16.4. The molecular formula is C20H21Cl2N7O. The maximum atomic E-state index is 6.03. The third-order valence-electron chi connectivity index (χ3n) is 5.83. The Morgan fingerprint density at radius 2 is 1.93 bits per heavy atom. The fourth-order valence-electron chi connectivity index (χ4n) is 4.48. The second kappa shape index (κ2) is 7.92. The van der Waals surface area contributed by atoms with Crippen LogP contribution >= 0.6 is 23.2 Å². The van der Waals surface area contributed by atoms with Crippen molar-refractivity contribution in [3.8, 4) is 11.8 Å². The summed E-state index contributed by atoms with van der Waals surface area (Å²) in [6.45, 7) is 1.88.